The van der Waals surface area contributed by atoms with E-state index in [0.717, 1.165) is 33.3 Å². The lowest BCUT2D eigenvalue weighted by Gasteiger charge is -2.06. The van der Waals surface area contributed by atoms with E-state index in [1.54, 1.807) is 11.3 Å². The summed E-state index contributed by atoms with van der Waals surface area (Å²) in [4.78, 5) is 17.7. The maximum Gasteiger partial charge on any atom is 0.226 e. The number of para-hydroxylation sites is 1. The van der Waals surface area contributed by atoms with Crippen LogP contribution in [0, 0.1) is 13.8 Å². The lowest BCUT2D eigenvalue weighted by molar-refractivity contribution is -0.120. The van der Waals surface area contributed by atoms with Gasteiger partial charge in [-0.25, -0.2) is 9.67 Å². The van der Waals surface area contributed by atoms with Crippen LogP contribution in [-0.4, -0.2) is 25.1 Å². The van der Waals surface area contributed by atoms with Gasteiger partial charge in [0.15, 0.2) is 4.96 Å². The summed E-state index contributed by atoms with van der Waals surface area (Å²) in [6, 6.07) is 10.0. The van der Waals surface area contributed by atoms with Crippen molar-refractivity contribution in [2.75, 3.05) is 0 Å². The summed E-state index contributed by atoms with van der Waals surface area (Å²) in [6.45, 7) is 4.46. The fourth-order valence-electron chi connectivity index (χ4n) is 3.03. The number of aromatic nitrogens is 4. The highest BCUT2D eigenvalue weighted by Gasteiger charge is 2.14. The van der Waals surface area contributed by atoms with Gasteiger partial charge in [0.2, 0.25) is 5.91 Å². The molecule has 7 heteroatoms. The maximum atomic E-state index is 12.3. The third-order valence-electron chi connectivity index (χ3n) is 4.39. The summed E-state index contributed by atoms with van der Waals surface area (Å²) in [5.41, 5.74) is 4.81. The number of rotatable bonds is 5. The zero-order valence-electron chi connectivity index (χ0n) is 14.6. The summed E-state index contributed by atoms with van der Waals surface area (Å²) >= 11 is 1.56. The van der Waals surface area contributed by atoms with Gasteiger partial charge in [-0.05, 0) is 26.0 Å². The highest BCUT2D eigenvalue weighted by atomic mass is 32.1. The van der Waals surface area contributed by atoms with Crippen LogP contribution in [0.4, 0.5) is 0 Å². The van der Waals surface area contributed by atoms with Crippen LogP contribution in [0.1, 0.15) is 22.6 Å². The van der Waals surface area contributed by atoms with Crippen LogP contribution in [-0.2, 0) is 17.8 Å². The first-order valence-corrected chi connectivity index (χ1v) is 9.28. The number of carbonyl (C=O) groups excluding carboxylic acids is 1. The number of hydrogen-bond acceptors (Lipinski definition) is 4. The van der Waals surface area contributed by atoms with Crippen molar-refractivity contribution in [1.29, 1.82) is 0 Å². The number of thiazole rings is 1. The normalized spacial score (nSPS) is 11.2. The molecule has 26 heavy (non-hydrogen) atoms. The molecular formula is C19H19N5OS. The van der Waals surface area contributed by atoms with E-state index in [1.165, 1.54) is 0 Å². The highest BCUT2D eigenvalue weighted by Crippen LogP contribution is 2.18. The molecule has 0 radical (unpaired) electrons. The predicted octanol–water partition coefficient (Wildman–Crippen LogP) is 3.06. The molecule has 3 heterocycles. The number of benzene rings is 1. The second-order valence-corrected chi connectivity index (χ2v) is 7.05. The van der Waals surface area contributed by atoms with Crippen molar-refractivity contribution >= 4 is 22.2 Å². The van der Waals surface area contributed by atoms with Crippen molar-refractivity contribution < 1.29 is 4.79 Å². The second-order valence-electron chi connectivity index (χ2n) is 6.18. The Hall–Kier alpha value is -2.93. The van der Waals surface area contributed by atoms with Crippen molar-refractivity contribution in [1.82, 2.24) is 24.5 Å². The SMILES string of the molecule is Cc1nn(-c2ccccc2)c(C)c1CNC(=O)Cc1cn2ccsc2n1. The summed E-state index contributed by atoms with van der Waals surface area (Å²) < 4.78 is 3.85. The fourth-order valence-corrected chi connectivity index (χ4v) is 3.75. The van der Waals surface area contributed by atoms with E-state index in [4.69, 9.17) is 0 Å². The molecule has 0 atom stereocenters. The van der Waals surface area contributed by atoms with Crippen molar-refractivity contribution in [2.24, 2.45) is 0 Å². The first-order chi connectivity index (χ1) is 12.6. The molecule has 3 aromatic heterocycles. The minimum absolute atomic E-state index is 0.0398. The van der Waals surface area contributed by atoms with E-state index >= 15 is 0 Å². The Morgan fingerprint density at radius 2 is 2.04 bits per heavy atom. The zero-order chi connectivity index (χ0) is 18.1. The molecule has 6 nitrogen and oxygen atoms in total. The zero-order valence-corrected chi connectivity index (χ0v) is 15.5. The molecule has 0 aliphatic carbocycles. The van der Waals surface area contributed by atoms with E-state index in [9.17, 15) is 4.79 Å². The van der Waals surface area contributed by atoms with Gasteiger partial charge in [0.05, 0.1) is 23.5 Å². The molecule has 0 unspecified atom stereocenters. The molecule has 1 amide bonds. The Balaban J connectivity index is 1.45. The number of fused-ring (bicyclic) bond motifs is 1. The highest BCUT2D eigenvalue weighted by molar-refractivity contribution is 7.15. The molecule has 0 bridgehead atoms. The van der Waals surface area contributed by atoms with Gasteiger partial charge in [0.1, 0.15) is 0 Å². The van der Waals surface area contributed by atoms with Crippen LogP contribution < -0.4 is 5.32 Å². The van der Waals surface area contributed by atoms with E-state index in [2.05, 4.69) is 15.4 Å². The van der Waals surface area contributed by atoms with Gasteiger partial charge in [-0.1, -0.05) is 18.2 Å². The predicted molar refractivity (Wildman–Crippen MR) is 102 cm³/mol. The van der Waals surface area contributed by atoms with Gasteiger partial charge in [-0.3, -0.25) is 9.20 Å². The molecule has 1 aromatic carbocycles. The Bertz CT molecular complexity index is 1030. The third-order valence-corrected chi connectivity index (χ3v) is 5.16. The standard InChI is InChI=1S/C19H19N5OS/c1-13-17(14(2)24(22-13)16-6-4-3-5-7-16)11-20-18(25)10-15-12-23-8-9-26-19(23)21-15/h3-9,12H,10-11H2,1-2H3,(H,20,25). The summed E-state index contributed by atoms with van der Waals surface area (Å²) in [5, 5.41) is 9.58. The molecule has 1 N–H and O–H groups in total. The van der Waals surface area contributed by atoms with Crippen molar-refractivity contribution in [3.05, 3.63) is 70.8 Å². The van der Waals surface area contributed by atoms with Crippen LogP contribution >= 0.6 is 11.3 Å². The van der Waals surface area contributed by atoms with Gasteiger partial charge in [0.25, 0.3) is 0 Å². The van der Waals surface area contributed by atoms with E-state index in [-0.39, 0.29) is 12.3 Å². The summed E-state index contributed by atoms with van der Waals surface area (Å²) in [6.07, 6.45) is 4.12. The summed E-state index contributed by atoms with van der Waals surface area (Å²) in [7, 11) is 0. The Morgan fingerprint density at radius 3 is 2.81 bits per heavy atom. The van der Waals surface area contributed by atoms with E-state index < -0.39 is 0 Å². The molecule has 4 rings (SSSR count). The van der Waals surface area contributed by atoms with E-state index in [1.807, 2.05) is 71.0 Å². The molecule has 0 saturated heterocycles. The Kier molecular flexibility index (Phi) is 4.30. The van der Waals surface area contributed by atoms with Crippen LogP contribution in [0.25, 0.3) is 10.6 Å². The van der Waals surface area contributed by atoms with Crippen LogP contribution in [0.5, 0.6) is 0 Å². The first-order valence-electron chi connectivity index (χ1n) is 8.40. The Morgan fingerprint density at radius 1 is 1.23 bits per heavy atom. The lowest BCUT2D eigenvalue weighted by atomic mass is 10.2. The second kappa shape index (κ2) is 6.76. The number of hydrogen-bond donors (Lipinski definition) is 1. The average Bonchev–Trinajstić information content (AvgIpc) is 3.28. The average molecular weight is 365 g/mol. The molecule has 0 fully saturated rings. The first kappa shape index (κ1) is 16.5. The minimum Gasteiger partial charge on any atom is -0.352 e. The molecule has 132 valence electrons. The number of imidazole rings is 1. The van der Waals surface area contributed by atoms with Crippen LogP contribution in [0.2, 0.25) is 0 Å². The molecule has 0 saturated carbocycles. The number of amides is 1. The minimum atomic E-state index is -0.0398. The molecule has 0 aliphatic heterocycles. The molecule has 0 spiro atoms. The quantitative estimate of drug-likeness (QED) is 0.591. The van der Waals surface area contributed by atoms with Gasteiger partial charge < -0.3 is 5.32 Å². The molecule has 4 aromatic rings. The van der Waals surface area contributed by atoms with Crippen molar-refractivity contribution in [2.45, 2.75) is 26.8 Å². The lowest BCUT2D eigenvalue weighted by Crippen LogP contribution is -2.25. The molecule has 0 aliphatic rings. The number of carbonyl (C=O) groups is 1. The largest absolute Gasteiger partial charge is 0.352 e. The fraction of sp³-hybridized carbons (Fsp3) is 0.211. The van der Waals surface area contributed by atoms with Gasteiger partial charge in [-0.2, -0.15) is 5.10 Å². The number of nitrogens with zero attached hydrogens (tertiary/aromatic N) is 4. The van der Waals surface area contributed by atoms with Gasteiger partial charge in [0, 0.05) is 35.6 Å². The van der Waals surface area contributed by atoms with Crippen LogP contribution in [0.3, 0.4) is 0 Å². The molecular weight excluding hydrogens is 346 g/mol. The number of nitrogens with one attached hydrogen (secondary N) is 1. The van der Waals surface area contributed by atoms with E-state index in [0.29, 0.717) is 6.54 Å². The Labute approximate surface area is 155 Å². The summed E-state index contributed by atoms with van der Waals surface area (Å²) in [5.74, 6) is -0.0398. The van der Waals surface area contributed by atoms with Crippen molar-refractivity contribution in [3.8, 4) is 5.69 Å². The van der Waals surface area contributed by atoms with Crippen molar-refractivity contribution in [3.63, 3.8) is 0 Å². The topological polar surface area (TPSA) is 64.2 Å². The van der Waals surface area contributed by atoms with Gasteiger partial charge >= 0.3 is 0 Å². The monoisotopic (exact) mass is 365 g/mol. The smallest absolute Gasteiger partial charge is 0.226 e. The third kappa shape index (κ3) is 3.13. The van der Waals surface area contributed by atoms with Crippen LogP contribution in [0.15, 0.2) is 48.1 Å². The number of aryl methyl sites for hydroxylation is 1. The van der Waals surface area contributed by atoms with Gasteiger partial charge in [-0.15, -0.1) is 11.3 Å². The maximum absolute atomic E-state index is 12.3.